The third kappa shape index (κ3) is 5.41. The lowest BCUT2D eigenvalue weighted by Crippen LogP contribution is -2.45. The summed E-state index contributed by atoms with van der Waals surface area (Å²) < 4.78 is 0. The van der Waals surface area contributed by atoms with Crippen molar-refractivity contribution in [3.63, 3.8) is 0 Å². The van der Waals surface area contributed by atoms with Crippen molar-refractivity contribution in [3.8, 4) is 0 Å². The minimum Gasteiger partial charge on any atom is -0.396 e. The smallest absolute Gasteiger partial charge is 0.234 e. The minimum atomic E-state index is 0.175. The van der Waals surface area contributed by atoms with Crippen molar-refractivity contribution in [1.82, 2.24) is 10.2 Å². The lowest BCUT2D eigenvalue weighted by molar-refractivity contribution is -0.123. The van der Waals surface area contributed by atoms with E-state index < -0.39 is 0 Å². The van der Waals surface area contributed by atoms with Crippen LogP contribution >= 0.6 is 0 Å². The van der Waals surface area contributed by atoms with Gasteiger partial charge in [-0.05, 0) is 38.1 Å². The molecular weight excluding hydrogens is 252 g/mol. The summed E-state index contributed by atoms with van der Waals surface area (Å²) in [5, 5.41) is 12.5. The van der Waals surface area contributed by atoms with Gasteiger partial charge in [0.05, 0.1) is 6.54 Å². The van der Waals surface area contributed by atoms with Gasteiger partial charge in [-0.2, -0.15) is 0 Å². The monoisotopic (exact) mass is 282 g/mol. The average Bonchev–Trinajstić information content (AvgIpc) is 2.42. The molecule has 0 aromatic carbocycles. The van der Waals surface area contributed by atoms with Crippen molar-refractivity contribution in [2.75, 3.05) is 26.2 Å². The molecule has 4 nitrogen and oxygen atoms in total. The maximum absolute atomic E-state index is 12.2. The second-order valence-electron chi connectivity index (χ2n) is 6.54. The van der Waals surface area contributed by atoms with E-state index in [9.17, 15) is 9.90 Å². The van der Waals surface area contributed by atoms with Gasteiger partial charge >= 0.3 is 0 Å². The number of amides is 1. The summed E-state index contributed by atoms with van der Waals surface area (Å²) in [4.78, 5) is 14.4. The molecule has 1 unspecified atom stereocenters. The standard InChI is InChI=1S/C16H30N2O2/c19-13-14-7-6-10-18(11-14)12-16(20)17-15-8-4-2-1-3-5-9-15/h14-15,19H,1-13H2,(H,17,20). The van der Waals surface area contributed by atoms with Gasteiger partial charge in [-0.1, -0.05) is 32.1 Å². The largest absolute Gasteiger partial charge is 0.396 e. The number of piperidine rings is 1. The lowest BCUT2D eigenvalue weighted by Gasteiger charge is -2.31. The van der Waals surface area contributed by atoms with Gasteiger partial charge in [0.1, 0.15) is 0 Å². The molecule has 1 atom stereocenters. The second kappa shape index (κ2) is 8.63. The van der Waals surface area contributed by atoms with Gasteiger partial charge < -0.3 is 10.4 Å². The first kappa shape index (κ1) is 15.8. The molecule has 2 fully saturated rings. The van der Waals surface area contributed by atoms with E-state index in [-0.39, 0.29) is 12.5 Å². The summed E-state index contributed by atoms with van der Waals surface area (Å²) in [6.45, 7) is 2.62. The van der Waals surface area contributed by atoms with E-state index in [1.807, 2.05) is 0 Å². The Hall–Kier alpha value is -0.610. The number of likely N-dealkylation sites (tertiary alicyclic amines) is 1. The highest BCUT2D eigenvalue weighted by Gasteiger charge is 2.22. The molecule has 1 heterocycles. The Balaban J connectivity index is 1.70. The number of carbonyl (C=O) groups excluding carboxylic acids is 1. The van der Waals surface area contributed by atoms with Crippen molar-refractivity contribution < 1.29 is 9.90 Å². The Morgan fingerprint density at radius 1 is 1.05 bits per heavy atom. The van der Waals surface area contributed by atoms with Crippen LogP contribution in [0.15, 0.2) is 0 Å². The van der Waals surface area contributed by atoms with E-state index in [1.54, 1.807) is 0 Å². The van der Waals surface area contributed by atoms with Gasteiger partial charge in [0, 0.05) is 19.2 Å². The lowest BCUT2D eigenvalue weighted by atomic mass is 9.96. The molecule has 0 bridgehead atoms. The second-order valence-corrected chi connectivity index (χ2v) is 6.54. The van der Waals surface area contributed by atoms with Crippen LogP contribution in [-0.4, -0.2) is 48.2 Å². The molecule has 0 aromatic rings. The van der Waals surface area contributed by atoms with Crippen molar-refractivity contribution in [1.29, 1.82) is 0 Å². The molecule has 0 aromatic heterocycles. The van der Waals surface area contributed by atoms with Gasteiger partial charge in [-0.15, -0.1) is 0 Å². The summed E-state index contributed by atoms with van der Waals surface area (Å²) in [6.07, 6.45) is 11.0. The van der Waals surface area contributed by atoms with E-state index >= 15 is 0 Å². The Labute approximate surface area is 122 Å². The third-order valence-electron chi connectivity index (χ3n) is 4.70. The van der Waals surface area contributed by atoms with E-state index in [0.717, 1.165) is 38.8 Å². The number of carbonyl (C=O) groups is 1. The molecule has 1 amide bonds. The van der Waals surface area contributed by atoms with Crippen LogP contribution in [0.4, 0.5) is 0 Å². The normalized spacial score (nSPS) is 26.8. The maximum atomic E-state index is 12.2. The number of hydrogen-bond acceptors (Lipinski definition) is 3. The van der Waals surface area contributed by atoms with Crippen LogP contribution in [-0.2, 0) is 4.79 Å². The summed E-state index contributed by atoms with van der Waals surface area (Å²) in [5.74, 6) is 0.534. The summed E-state index contributed by atoms with van der Waals surface area (Å²) in [7, 11) is 0. The van der Waals surface area contributed by atoms with Gasteiger partial charge in [-0.25, -0.2) is 0 Å². The molecule has 1 saturated carbocycles. The highest BCUT2D eigenvalue weighted by Crippen LogP contribution is 2.18. The highest BCUT2D eigenvalue weighted by atomic mass is 16.3. The topological polar surface area (TPSA) is 52.6 Å². The van der Waals surface area contributed by atoms with E-state index in [0.29, 0.717) is 18.5 Å². The van der Waals surface area contributed by atoms with Gasteiger partial charge in [0.25, 0.3) is 0 Å². The molecule has 2 rings (SSSR count). The van der Waals surface area contributed by atoms with E-state index in [1.165, 1.54) is 32.1 Å². The molecule has 0 radical (unpaired) electrons. The number of aliphatic hydroxyl groups excluding tert-OH is 1. The van der Waals surface area contributed by atoms with Crippen LogP contribution < -0.4 is 5.32 Å². The SMILES string of the molecule is O=C(CN1CCCC(CO)C1)NC1CCCCCCC1. The van der Waals surface area contributed by atoms with Crippen LogP contribution in [0.5, 0.6) is 0 Å². The van der Waals surface area contributed by atoms with Crippen LogP contribution in [0, 0.1) is 5.92 Å². The van der Waals surface area contributed by atoms with E-state index in [4.69, 9.17) is 0 Å². The predicted molar refractivity (Wildman–Crippen MR) is 80.5 cm³/mol. The summed E-state index contributed by atoms with van der Waals surface area (Å²) in [5.41, 5.74) is 0. The summed E-state index contributed by atoms with van der Waals surface area (Å²) in [6, 6.07) is 0.390. The fourth-order valence-electron chi connectivity index (χ4n) is 3.52. The predicted octanol–water partition coefficient (Wildman–Crippen LogP) is 1.92. The molecule has 1 saturated heterocycles. The zero-order valence-electron chi connectivity index (χ0n) is 12.6. The number of nitrogens with one attached hydrogen (secondary N) is 1. The summed E-state index contributed by atoms with van der Waals surface area (Å²) >= 11 is 0. The molecular formula is C16H30N2O2. The Bertz CT molecular complexity index is 282. The van der Waals surface area contributed by atoms with Crippen molar-refractivity contribution in [2.24, 2.45) is 5.92 Å². The van der Waals surface area contributed by atoms with Crippen molar-refractivity contribution >= 4 is 5.91 Å². The van der Waals surface area contributed by atoms with E-state index in [2.05, 4.69) is 10.2 Å². The fraction of sp³-hybridized carbons (Fsp3) is 0.938. The first-order valence-electron chi connectivity index (χ1n) is 8.40. The van der Waals surface area contributed by atoms with Crippen LogP contribution in [0.25, 0.3) is 0 Å². The molecule has 1 aliphatic carbocycles. The molecule has 4 heteroatoms. The quantitative estimate of drug-likeness (QED) is 0.828. The highest BCUT2D eigenvalue weighted by molar-refractivity contribution is 5.78. The van der Waals surface area contributed by atoms with Gasteiger partial charge in [0.2, 0.25) is 5.91 Å². The number of nitrogens with zero attached hydrogens (tertiary/aromatic N) is 1. The fourth-order valence-corrected chi connectivity index (χ4v) is 3.52. The first-order chi connectivity index (χ1) is 9.78. The van der Waals surface area contributed by atoms with Gasteiger partial charge in [-0.3, -0.25) is 9.69 Å². The van der Waals surface area contributed by atoms with Gasteiger partial charge in [0.15, 0.2) is 0 Å². The average molecular weight is 282 g/mol. The molecule has 116 valence electrons. The Morgan fingerprint density at radius 2 is 1.75 bits per heavy atom. The molecule has 0 spiro atoms. The zero-order valence-corrected chi connectivity index (χ0v) is 12.6. The number of aliphatic hydroxyl groups is 1. The first-order valence-corrected chi connectivity index (χ1v) is 8.40. The molecule has 2 aliphatic rings. The zero-order chi connectivity index (χ0) is 14.2. The molecule has 2 N–H and O–H groups in total. The Morgan fingerprint density at radius 3 is 2.45 bits per heavy atom. The number of rotatable bonds is 4. The third-order valence-corrected chi connectivity index (χ3v) is 4.70. The van der Waals surface area contributed by atoms with Crippen LogP contribution in [0.3, 0.4) is 0 Å². The molecule has 20 heavy (non-hydrogen) atoms. The van der Waals surface area contributed by atoms with Crippen molar-refractivity contribution in [3.05, 3.63) is 0 Å². The van der Waals surface area contributed by atoms with Crippen molar-refractivity contribution in [2.45, 2.75) is 63.8 Å². The van der Waals surface area contributed by atoms with Crippen LogP contribution in [0.2, 0.25) is 0 Å². The molecule has 1 aliphatic heterocycles. The van der Waals surface area contributed by atoms with Crippen LogP contribution in [0.1, 0.15) is 57.8 Å². The minimum absolute atomic E-state index is 0.175. The Kier molecular flexibility index (Phi) is 6.80. The number of hydrogen-bond donors (Lipinski definition) is 2. The maximum Gasteiger partial charge on any atom is 0.234 e.